The summed E-state index contributed by atoms with van der Waals surface area (Å²) >= 11 is 6.96. The van der Waals surface area contributed by atoms with Gasteiger partial charge in [0.15, 0.2) is 0 Å². The molecule has 2 unspecified atom stereocenters. The summed E-state index contributed by atoms with van der Waals surface area (Å²) in [4.78, 5) is 12.3. The lowest BCUT2D eigenvalue weighted by molar-refractivity contribution is -0.137. The molecule has 1 aliphatic rings. The summed E-state index contributed by atoms with van der Waals surface area (Å²) in [5, 5.41) is 12.4. The molecule has 3 rings (SSSR count). The topological polar surface area (TPSA) is 42.2 Å². The Morgan fingerprint density at radius 1 is 1.47 bits per heavy atom. The van der Waals surface area contributed by atoms with Gasteiger partial charge in [-0.25, -0.2) is 4.39 Å². The van der Waals surface area contributed by atoms with Crippen LogP contribution in [0.4, 0.5) is 4.39 Å². The molecule has 0 bridgehead atoms. The number of aromatic nitrogens is 1. The number of hydrogen-bond acceptors (Lipinski definition) is 2. The van der Waals surface area contributed by atoms with Crippen molar-refractivity contribution in [2.24, 2.45) is 0 Å². The average Bonchev–Trinajstić information content (AvgIpc) is 3.26. The minimum atomic E-state index is -0.780. The zero-order valence-corrected chi connectivity index (χ0v) is 20.1. The van der Waals surface area contributed by atoms with Gasteiger partial charge in [0, 0.05) is 33.8 Å². The molecule has 2 aromatic rings. The van der Waals surface area contributed by atoms with Crippen LogP contribution in [-0.2, 0) is 17.8 Å². The number of fused-ring (bicyclic) bond motifs is 3. The van der Waals surface area contributed by atoms with Crippen molar-refractivity contribution in [3.8, 4) is 0 Å². The van der Waals surface area contributed by atoms with Crippen molar-refractivity contribution in [3.63, 3.8) is 0 Å². The first-order valence-corrected chi connectivity index (χ1v) is 11.8. The summed E-state index contributed by atoms with van der Waals surface area (Å²) in [6.07, 6.45) is 5.34. The highest BCUT2D eigenvalue weighted by Gasteiger charge is 2.31. The van der Waals surface area contributed by atoms with Crippen LogP contribution < -0.4 is 0 Å². The molecule has 1 aromatic heterocycles. The number of aryl methyl sites for hydroxylation is 2. The summed E-state index contributed by atoms with van der Waals surface area (Å²) in [6.45, 7) is 14.0. The van der Waals surface area contributed by atoms with Crippen molar-refractivity contribution >= 4 is 40.2 Å². The summed E-state index contributed by atoms with van der Waals surface area (Å²) in [6, 6.07) is 3.19. The van der Waals surface area contributed by atoms with Crippen LogP contribution in [0.3, 0.4) is 0 Å². The number of aliphatic carboxylic acids is 1. The molecule has 0 amide bonds. The lowest BCUT2D eigenvalue weighted by Gasteiger charge is -2.09. The zero-order valence-electron chi connectivity index (χ0n) is 18.5. The Morgan fingerprint density at radius 3 is 2.60 bits per heavy atom. The third-order valence-corrected chi connectivity index (χ3v) is 5.98. The van der Waals surface area contributed by atoms with Crippen LogP contribution in [0.2, 0.25) is 0 Å². The number of carboxylic acid groups (broad SMARTS) is 1. The second-order valence-electron chi connectivity index (χ2n) is 6.76. The Kier molecular flexibility index (Phi) is 11.3. The monoisotopic (exact) mass is 453 g/mol. The lowest BCUT2D eigenvalue weighted by atomic mass is 9.99. The molecular weight excluding hydrogens is 421 g/mol. The molecule has 3 nitrogen and oxygen atoms in total. The highest BCUT2D eigenvalue weighted by atomic mass is 35.5. The van der Waals surface area contributed by atoms with E-state index >= 15 is 0 Å². The average molecular weight is 454 g/mol. The maximum atomic E-state index is 14.0. The van der Waals surface area contributed by atoms with E-state index in [2.05, 4.69) is 11.1 Å². The molecule has 0 spiro atoms. The van der Waals surface area contributed by atoms with Gasteiger partial charge in [0.2, 0.25) is 0 Å². The van der Waals surface area contributed by atoms with Crippen LogP contribution in [0.25, 0.3) is 10.9 Å². The molecule has 0 saturated carbocycles. The van der Waals surface area contributed by atoms with E-state index in [-0.39, 0.29) is 23.5 Å². The molecule has 1 aliphatic heterocycles. The quantitative estimate of drug-likeness (QED) is 0.276. The Hall–Kier alpha value is -1.72. The second-order valence-corrected chi connectivity index (χ2v) is 8.37. The van der Waals surface area contributed by atoms with Gasteiger partial charge in [0.1, 0.15) is 5.82 Å². The minimum Gasteiger partial charge on any atom is -0.481 e. The molecule has 1 N–H and O–H groups in total. The van der Waals surface area contributed by atoms with Gasteiger partial charge in [0.25, 0.3) is 0 Å². The lowest BCUT2D eigenvalue weighted by Crippen LogP contribution is -2.04. The zero-order chi connectivity index (χ0) is 22.8. The van der Waals surface area contributed by atoms with Crippen LogP contribution in [0.15, 0.2) is 41.2 Å². The number of halogens is 2. The number of benzene rings is 1. The number of thioether (sulfide) groups is 1. The van der Waals surface area contributed by atoms with Crippen LogP contribution in [0, 0.1) is 5.82 Å². The predicted octanol–water partition coefficient (Wildman–Crippen LogP) is 7.76. The minimum absolute atomic E-state index is 0.000392. The van der Waals surface area contributed by atoms with Gasteiger partial charge in [-0.3, -0.25) is 4.79 Å². The molecule has 30 heavy (non-hydrogen) atoms. The number of rotatable bonds is 6. The van der Waals surface area contributed by atoms with Crippen molar-refractivity contribution in [1.82, 2.24) is 4.57 Å². The standard InChI is InChI=1S/C18H20FNO2S.C4H7Cl.C2H6/c1-3-7-23-18-16-11(4-2)8-13(19)10-14(16)20-6-5-12(17(18)20)9-15(21)22;1-3-4(2)5;1-2/h3,7-8,10,12H,4-6,9H2,1-2H3,(H,21,22);3-4H,1H2,2H3;1-2H3/b7-3+;;. The molecule has 0 aliphatic carbocycles. The van der Waals surface area contributed by atoms with Gasteiger partial charge in [-0.15, -0.1) is 18.2 Å². The maximum absolute atomic E-state index is 14.0. The summed E-state index contributed by atoms with van der Waals surface area (Å²) < 4.78 is 16.1. The Morgan fingerprint density at radius 2 is 2.10 bits per heavy atom. The summed E-state index contributed by atoms with van der Waals surface area (Å²) in [5.41, 5.74) is 2.95. The van der Waals surface area contributed by atoms with Crippen molar-refractivity contribution in [2.75, 3.05) is 0 Å². The normalized spacial score (nSPS) is 15.8. The van der Waals surface area contributed by atoms with Crippen molar-refractivity contribution in [2.45, 2.75) is 76.6 Å². The molecule has 1 aromatic carbocycles. The van der Waals surface area contributed by atoms with Gasteiger partial charge >= 0.3 is 5.97 Å². The van der Waals surface area contributed by atoms with Gasteiger partial charge in [-0.2, -0.15) is 0 Å². The predicted molar refractivity (Wildman–Crippen MR) is 128 cm³/mol. The Bertz CT molecular complexity index is 889. The number of alkyl halides is 1. The number of hydrogen-bond donors (Lipinski definition) is 1. The van der Waals surface area contributed by atoms with Gasteiger partial charge in [0.05, 0.1) is 11.9 Å². The number of carboxylic acids is 1. The van der Waals surface area contributed by atoms with Crippen molar-refractivity contribution in [1.29, 1.82) is 0 Å². The van der Waals surface area contributed by atoms with E-state index in [0.29, 0.717) is 0 Å². The highest BCUT2D eigenvalue weighted by Crippen LogP contribution is 2.46. The summed E-state index contributed by atoms with van der Waals surface area (Å²) in [5.74, 6) is -1.00. The fraction of sp³-hybridized carbons (Fsp3) is 0.458. The maximum Gasteiger partial charge on any atom is 0.304 e. The van der Waals surface area contributed by atoms with E-state index in [1.165, 1.54) is 0 Å². The largest absolute Gasteiger partial charge is 0.481 e. The van der Waals surface area contributed by atoms with Gasteiger partial charge in [-0.05, 0) is 49.8 Å². The van der Waals surface area contributed by atoms with Crippen LogP contribution in [0.1, 0.15) is 64.6 Å². The second kappa shape index (κ2) is 12.9. The first-order chi connectivity index (χ1) is 14.3. The van der Waals surface area contributed by atoms with Gasteiger partial charge < -0.3 is 9.67 Å². The SMILES string of the molecule is C/C=C/Sc1c2n(c3cc(F)cc(CC)c13)CCC2CC(=O)O.C=CC(C)Cl.CC. The fourth-order valence-electron chi connectivity index (χ4n) is 3.52. The molecule has 0 fully saturated rings. The molecule has 6 heteroatoms. The van der Waals surface area contributed by atoms with Crippen molar-refractivity contribution < 1.29 is 14.3 Å². The molecule has 2 atom stereocenters. The third-order valence-electron chi connectivity index (χ3n) is 4.74. The molecule has 166 valence electrons. The molecular formula is C24H33ClFNO2S. The van der Waals surface area contributed by atoms with Crippen LogP contribution >= 0.6 is 23.4 Å². The van der Waals surface area contributed by atoms with E-state index in [9.17, 15) is 14.3 Å². The number of allylic oxidation sites excluding steroid dienone is 2. The molecule has 2 heterocycles. The molecule has 0 radical (unpaired) electrons. The first kappa shape index (κ1) is 26.3. The van der Waals surface area contributed by atoms with Crippen LogP contribution in [-0.4, -0.2) is 21.0 Å². The number of carbonyl (C=O) groups is 1. The fourth-order valence-corrected chi connectivity index (χ4v) is 4.54. The van der Waals surface area contributed by atoms with E-state index in [1.54, 1.807) is 30.0 Å². The third kappa shape index (κ3) is 6.39. The number of nitrogens with zero attached hydrogens (tertiary/aromatic N) is 1. The van der Waals surface area contributed by atoms with E-state index < -0.39 is 5.97 Å². The summed E-state index contributed by atoms with van der Waals surface area (Å²) in [7, 11) is 0. The Balaban J connectivity index is 0.000000565. The molecule has 0 saturated heterocycles. The van der Waals surface area contributed by atoms with E-state index in [0.717, 1.165) is 46.4 Å². The van der Waals surface area contributed by atoms with Crippen LogP contribution in [0.5, 0.6) is 0 Å². The highest BCUT2D eigenvalue weighted by molar-refractivity contribution is 8.02. The smallest absolute Gasteiger partial charge is 0.304 e. The van der Waals surface area contributed by atoms with E-state index in [4.69, 9.17) is 11.6 Å². The Labute approximate surface area is 189 Å². The first-order valence-electron chi connectivity index (χ1n) is 10.4. The van der Waals surface area contributed by atoms with Crippen molar-refractivity contribution in [3.05, 3.63) is 53.3 Å². The van der Waals surface area contributed by atoms with E-state index in [1.807, 2.05) is 46.1 Å². The van der Waals surface area contributed by atoms with Gasteiger partial charge in [-0.1, -0.05) is 44.7 Å².